The van der Waals surface area contributed by atoms with Gasteiger partial charge in [0.1, 0.15) is 5.75 Å². The molecule has 1 aliphatic rings. The highest BCUT2D eigenvalue weighted by molar-refractivity contribution is 5.71. The number of phenolic OH excluding ortho intramolecular Hbond substituents is 1. The van der Waals surface area contributed by atoms with Crippen molar-refractivity contribution in [3.8, 4) is 5.75 Å². The summed E-state index contributed by atoms with van der Waals surface area (Å²) >= 11 is 0. The van der Waals surface area contributed by atoms with Crippen LogP contribution in [-0.2, 0) is 6.42 Å². The molecular weight excluding hydrogens is 176 g/mol. The van der Waals surface area contributed by atoms with Crippen molar-refractivity contribution in [2.75, 3.05) is 6.61 Å². The summed E-state index contributed by atoms with van der Waals surface area (Å²) in [5.41, 5.74) is 3.29. The van der Waals surface area contributed by atoms with E-state index in [0.717, 1.165) is 36.0 Å². The largest absolute Gasteiger partial charge is 0.508 e. The van der Waals surface area contributed by atoms with Crippen molar-refractivity contribution >= 4 is 5.57 Å². The first-order valence-corrected chi connectivity index (χ1v) is 4.94. The maximum atomic E-state index is 9.65. The van der Waals surface area contributed by atoms with Crippen LogP contribution in [0.3, 0.4) is 0 Å². The second-order valence-electron chi connectivity index (χ2n) is 3.57. The highest BCUT2D eigenvalue weighted by atomic mass is 16.3. The molecule has 14 heavy (non-hydrogen) atoms. The Morgan fingerprint density at radius 1 is 1.29 bits per heavy atom. The standard InChI is InChI=1S/C12H14O2/c13-8-7-9-3-1-5-11-10(9)4-2-6-12(11)14/h2,4,6-7,13-14H,1,3,5,8H2/b9-7-. The molecule has 74 valence electrons. The third-order valence-corrected chi connectivity index (χ3v) is 2.71. The van der Waals surface area contributed by atoms with E-state index in [1.165, 1.54) is 0 Å². The molecule has 0 amide bonds. The number of aliphatic hydroxyl groups is 1. The Kier molecular flexibility index (Phi) is 2.55. The highest BCUT2D eigenvalue weighted by Gasteiger charge is 2.15. The van der Waals surface area contributed by atoms with Gasteiger partial charge in [0.05, 0.1) is 6.61 Å². The van der Waals surface area contributed by atoms with E-state index in [9.17, 15) is 5.11 Å². The zero-order valence-electron chi connectivity index (χ0n) is 8.03. The smallest absolute Gasteiger partial charge is 0.119 e. The van der Waals surface area contributed by atoms with Gasteiger partial charge in [-0.1, -0.05) is 18.2 Å². The molecule has 0 heterocycles. The molecule has 0 saturated heterocycles. The molecule has 0 spiro atoms. The molecule has 0 fully saturated rings. The van der Waals surface area contributed by atoms with Crippen LogP contribution in [0.25, 0.3) is 5.57 Å². The van der Waals surface area contributed by atoms with Crippen molar-refractivity contribution in [1.82, 2.24) is 0 Å². The van der Waals surface area contributed by atoms with E-state index < -0.39 is 0 Å². The van der Waals surface area contributed by atoms with Crippen LogP contribution in [0.4, 0.5) is 0 Å². The Morgan fingerprint density at radius 3 is 2.93 bits per heavy atom. The number of aromatic hydroxyl groups is 1. The van der Waals surface area contributed by atoms with Crippen molar-refractivity contribution < 1.29 is 10.2 Å². The number of aliphatic hydroxyl groups excluding tert-OH is 1. The second-order valence-corrected chi connectivity index (χ2v) is 3.57. The van der Waals surface area contributed by atoms with Crippen molar-refractivity contribution in [2.24, 2.45) is 0 Å². The molecule has 1 aromatic rings. The number of benzene rings is 1. The van der Waals surface area contributed by atoms with E-state index >= 15 is 0 Å². The first-order valence-electron chi connectivity index (χ1n) is 4.94. The zero-order chi connectivity index (χ0) is 9.97. The van der Waals surface area contributed by atoms with Crippen LogP contribution in [0, 0.1) is 0 Å². The fourth-order valence-electron chi connectivity index (χ4n) is 2.05. The predicted octanol–water partition coefficient (Wildman–Crippen LogP) is 2.10. The number of phenols is 1. The molecule has 1 aliphatic carbocycles. The third kappa shape index (κ3) is 1.53. The highest BCUT2D eigenvalue weighted by Crippen LogP contribution is 2.35. The summed E-state index contributed by atoms with van der Waals surface area (Å²) in [6.07, 6.45) is 4.82. The molecule has 2 N–H and O–H groups in total. The minimum absolute atomic E-state index is 0.0738. The predicted molar refractivity (Wildman–Crippen MR) is 56.1 cm³/mol. The van der Waals surface area contributed by atoms with E-state index in [-0.39, 0.29) is 6.61 Å². The fraction of sp³-hybridized carbons (Fsp3) is 0.333. The van der Waals surface area contributed by atoms with Gasteiger partial charge >= 0.3 is 0 Å². The summed E-state index contributed by atoms with van der Waals surface area (Å²) < 4.78 is 0. The number of hydrogen-bond acceptors (Lipinski definition) is 2. The quantitative estimate of drug-likeness (QED) is 0.712. The van der Waals surface area contributed by atoms with Crippen LogP contribution >= 0.6 is 0 Å². The van der Waals surface area contributed by atoms with Gasteiger partial charge in [-0.25, -0.2) is 0 Å². The van der Waals surface area contributed by atoms with E-state index in [4.69, 9.17) is 5.11 Å². The van der Waals surface area contributed by atoms with Crippen molar-refractivity contribution in [3.63, 3.8) is 0 Å². The molecule has 0 saturated carbocycles. The van der Waals surface area contributed by atoms with Crippen LogP contribution in [0.2, 0.25) is 0 Å². The molecule has 2 rings (SSSR count). The third-order valence-electron chi connectivity index (χ3n) is 2.71. The molecule has 1 aromatic carbocycles. The van der Waals surface area contributed by atoms with Crippen LogP contribution < -0.4 is 0 Å². The lowest BCUT2D eigenvalue weighted by molar-refractivity contribution is 0.343. The Bertz CT molecular complexity index is 367. The topological polar surface area (TPSA) is 40.5 Å². The summed E-state index contributed by atoms with van der Waals surface area (Å²) in [6, 6.07) is 5.58. The molecule has 0 aliphatic heterocycles. The first kappa shape index (κ1) is 9.28. The van der Waals surface area contributed by atoms with Crippen molar-refractivity contribution in [2.45, 2.75) is 19.3 Å². The SMILES string of the molecule is OC/C=C1/CCCc2c(O)cccc21. The minimum atomic E-state index is 0.0738. The maximum Gasteiger partial charge on any atom is 0.119 e. The number of hydrogen-bond donors (Lipinski definition) is 2. The summed E-state index contributed by atoms with van der Waals surface area (Å²) in [4.78, 5) is 0. The molecule has 2 heteroatoms. The normalized spacial score (nSPS) is 18.2. The second kappa shape index (κ2) is 3.84. The van der Waals surface area contributed by atoms with Gasteiger partial charge in [0.2, 0.25) is 0 Å². The molecule has 2 nitrogen and oxygen atoms in total. The summed E-state index contributed by atoms with van der Waals surface area (Å²) in [6.45, 7) is 0.0738. The fourth-order valence-corrected chi connectivity index (χ4v) is 2.05. The van der Waals surface area contributed by atoms with Gasteiger partial charge in [0.15, 0.2) is 0 Å². The van der Waals surface area contributed by atoms with Gasteiger partial charge in [-0.3, -0.25) is 0 Å². The lowest BCUT2D eigenvalue weighted by Gasteiger charge is -2.19. The number of allylic oxidation sites excluding steroid dienone is 1. The van der Waals surface area contributed by atoms with E-state index in [2.05, 4.69) is 0 Å². The number of fused-ring (bicyclic) bond motifs is 1. The van der Waals surface area contributed by atoms with E-state index in [1.54, 1.807) is 6.07 Å². The molecular formula is C12H14O2. The van der Waals surface area contributed by atoms with Crippen LogP contribution in [-0.4, -0.2) is 16.8 Å². The maximum absolute atomic E-state index is 9.65. The Labute approximate surface area is 83.5 Å². The van der Waals surface area contributed by atoms with Crippen molar-refractivity contribution in [1.29, 1.82) is 0 Å². The Balaban J connectivity index is 2.50. The lowest BCUT2D eigenvalue weighted by Crippen LogP contribution is -2.02. The van der Waals surface area contributed by atoms with Gasteiger partial charge in [0, 0.05) is 5.56 Å². The van der Waals surface area contributed by atoms with Gasteiger partial charge in [-0.05, 0) is 36.5 Å². The Hall–Kier alpha value is -1.28. The molecule has 0 aromatic heterocycles. The average Bonchev–Trinajstić information content (AvgIpc) is 2.20. The van der Waals surface area contributed by atoms with Gasteiger partial charge < -0.3 is 10.2 Å². The van der Waals surface area contributed by atoms with E-state index in [1.807, 2.05) is 18.2 Å². The van der Waals surface area contributed by atoms with Crippen LogP contribution in [0.5, 0.6) is 5.75 Å². The van der Waals surface area contributed by atoms with Crippen LogP contribution in [0.15, 0.2) is 24.3 Å². The molecule has 0 bridgehead atoms. The number of rotatable bonds is 1. The summed E-state index contributed by atoms with van der Waals surface area (Å²) in [7, 11) is 0. The molecule has 0 radical (unpaired) electrons. The zero-order valence-corrected chi connectivity index (χ0v) is 8.03. The Morgan fingerprint density at radius 2 is 2.14 bits per heavy atom. The summed E-state index contributed by atoms with van der Waals surface area (Å²) in [5, 5.41) is 18.5. The van der Waals surface area contributed by atoms with Gasteiger partial charge in [-0.2, -0.15) is 0 Å². The van der Waals surface area contributed by atoms with Gasteiger partial charge in [0.25, 0.3) is 0 Å². The lowest BCUT2D eigenvalue weighted by atomic mass is 9.87. The average molecular weight is 190 g/mol. The molecule has 0 atom stereocenters. The molecule has 0 unspecified atom stereocenters. The van der Waals surface area contributed by atoms with Crippen molar-refractivity contribution in [3.05, 3.63) is 35.4 Å². The summed E-state index contributed by atoms with van der Waals surface area (Å²) in [5.74, 6) is 0.381. The van der Waals surface area contributed by atoms with Gasteiger partial charge in [-0.15, -0.1) is 0 Å². The van der Waals surface area contributed by atoms with E-state index in [0.29, 0.717) is 5.75 Å². The monoisotopic (exact) mass is 190 g/mol. The van der Waals surface area contributed by atoms with Crippen LogP contribution in [0.1, 0.15) is 24.0 Å². The minimum Gasteiger partial charge on any atom is -0.508 e. The first-order chi connectivity index (χ1) is 6.83.